The average Bonchev–Trinajstić information content (AvgIpc) is 3.15. The number of carbonyl (C=O) groups is 1. The molecule has 4 rings (SSSR count). The first-order valence-electron chi connectivity index (χ1n) is 8.35. The van der Waals surface area contributed by atoms with Crippen LogP contribution in [0.25, 0.3) is 6.08 Å². The van der Waals surface area contributed by atoms with Crippen LogP contribution in [0.4, 0.5) is 0 Å². The topological polar surface area (TPSA) is 65.8 Å². The Balaban J connectivity index is 1.52. The summed E-state index contributed by atoms with van der Waals surface area (Å²) in [7, 11) is 0. The third-order valence-corrected chi connectivity index (χ3v) is 5.95. The van der Waals surface area contributed by atoms with E-state index in [4.69, 9.17) is 44.9 Å². The lowest BCUT2D eigenvalue weighted by atomic mass is 10.1. The maximum atomic E-state index is 12.3. The van der Waals surface area contributed by atoms with Gasteiger partial charge in [0.15, 0.2) is 5.17 Å². The molecule has 9 heteroatoms. The molecule has 146 valence electrons. The maximum absolute atomic E-state index is 12.3. The van der Waals surface area contributed by atoms with Gasteiger partial charge in [-0.15, -0.1) is 0 Å². The lowest BCUT2D eigenvalue weighted by molar-refractivity contribution is -0.114. The first-order valence-corrected chi connectivity index (χ1v) is 10.4. The van der Waals surface area contributed by atoms with Crippen LogP contribution in [0.1, 0.15) is 11.1 Å². The molecule has 0 aromatic heterocycles. The summed E-state index contributed by atoms with van der Waals surface area (Å²) in [5.74, 6) is 0.120. The van der Waals surface area contributed by atoms with Crippen molar-refractivity contribution < 1.29 is 9.53 Å². The van der Waals surface area contributed by atoms with Gasteiger partial charge in [-0.05, 0) is 46.9 Å². The zero-order valence-corrected chi connectivity index (χ0v) is 17.7. The molecule has 0 unspecified atom stereocenters. The van der Waals surface area contributed by atoms with Gasteiger partial charge in [0.25, 0.3) is 5.91 Å². The quantitative estimate of drug-likeness (QED) is 0.563. The minimum absolute atomic E-state index is 0.0808. The first kappa shape index (κ1) is 20.0. The molecule has 29 heavy (non-hydrogen) atoms. The van der Waals surface area contributed by atoms with Crippen molar-refractivity contribution in [3.8, 4) is 5.75 Å². The standard InChI is InChI=1S/C20H12Cl3N3O2S/c21-14-3-1-12(9-15(14)22)10-28-17-4-2-11(8-16(17)23)7-13-18(24)26-5-6-29-20(26)25-19(13)27/h1-9,24H,10H2/b13-7+,24-18?. The van der Waals surface area contributed by atoms with Crippen molar-refractivity contribution in [2.75, 3.05) is 0 Å². The van der Waals surface area contributed by atoms with Crippen LogP contribution in [-0.4, -0.2) is 21.8 Å². The highest BCUT2D eigenvalue weighted by atomic mass is 35.5. The summed E-state index contributed by atoms with van der Waals surface area (Å²) >= 11 is 19.6. The number of amides is 1. The average molecular weight is 465 g/mol. The van der Waals surface area contributed by atoms with Gasteiger partial charge in [-0.2, -0.15) is 4.99 Å². The zero-order valence-electron chi connectivity index (χ0n) is 14.7. The summed E-state index contributed by atoms with van der Waals surface area (Å²) in [5, 5.41) is 11.8. The van der Waals surface area contributed by atoms with Crippen LogP contribution in [0.5, 0.6) is 5.75 Å². The van der Waals surface area contributed by atoms with E-state index in [1.54, 1.807) is 52.9 Å². The Bertz CT molecular complexity index is 1130. The normalized spacial score (nSPS) is 17.0. The fourth-order valence-electron chi connectivity index (χ4n) is 2.71. The fraction of sp³-hybridized carbons (Fsp3) is 0.0500. The van der Waals surface area contributed by atoms with Crippen molar-refractivity contribution in [2.24, 2.45) is 4.99 Å². The molecule has 2 heterocycles. The first-order chi connectivity index (χ1) is 13.9. The molecule has 0 aliphatic carbocycles. The summed E-state index contributed by atoms with van der Waals surface area (Å²) in [5.41, 5.74) is 1.72. The molecule has 0 radical (unpaired) electrons. The molecule has 2 aromatic rings. The Labute approximate surface area is 186 Å². The highest BCUT2D eigenvalue weighted by Gasteiger charge is 2.31. The van der Waals surface area contributed by atoms with Gasteiger partial charge in [-0.1, -0.05) is 58.7 Å². The summed E-state index contributed by atoms with van der Waals surface area (Å²) in [6.07, 6.45) is 3.30. The number of fused-ring (bicyclic) bond motifs is 1. The second-order valence-electron chi connectivity index (χ2n) is 6.11. The molecule has 1 amide bonds. The molecule has 5 nitrogen and oxygen atoms in total. The van der Waals surface area contributed by atoms with E-state index in [1.807, 2.05) is 6.07 Å². The Morgan fingerprint density at radius 3 is 2.69 bits per heavy atom. The predicted molar refractivity (Wildman–Crippen MR) is 119 cm³/mol. The Morgan fingerprint density at radius 1 is 1.10 bits per heavy atom. The molecule has 0 atom stereocenters. The second-order valence-corrected chi connectivity index (χ2v) is 8.20. The lowest BCUT2D eigenvalue weighted by Crippen LogP contribution is -2.35. The molecule has 0 saturated heterocycles. The zero-order chi connectivity index (χ0) is 20.5. The van der Waals surface area contributed by atoms with Gasteiger partial charge in [-0.3, -0.25) is 15.1 Å². The molecule has 2 aliphatic heterocycles. The van der Waals surface area contributed by atoms with E-state index in [0.29, 0.717) is 31.5 Å². The third-order valence-electron chi connectivity index (χ3n) is 4.16. The molecule has 0 spiro atoms. The monoisotopic (exact) mass is 463 g/mol. The number of rotatable bonds is 4. The molecule has 0 saturated carbocycles. The van der Waals surface area contributed by atoms with Gasteiger partial charge in [0, 0.05) is 6.20 Å². The van der Waals surface area contributed by atoms with Crippen LogP contribution in [0.15, 0.2) is 58.6 Å². The van der Waals surface area contributed by atoms with Crippen LogP contribution in [0, 0.1) is 5.41 Å². The third kappa shape index (κ3) is 4.21. The fourth-order valence-corrected chi connectivity index (χ4v) is 3.98. The van der Waals surface area contributed by atoms with Crippen LogP contribution in [0.3, 0.4) is 0 Å². The van der Waals surface area contributed by atoms with Gasteiger partial charge < -0.3 is 4.74 Å². The Morgan fingerprint density at radius 2 is 1.93 bits per heavy atom. The number of thioether (sulfide) groups is 1. The molecular weight excluding hydrogens is 453 g/mol. The number of benzene rings is 2. The Kier molecular flexibility index (Phi) is 5.69. The number of hydrogen-bond acceptors (Lipinski definition) is 4. The van der Waals surface area contributed by atoms with Gasteiger partial charge in [0.2, 0.25) is 0 Å². The number of hydrogen-bond donors (Lipinski definition) is 1. The smallest absolute Gasteiger partial charge is 0.283 e. The van der Waals surface area contributed by atoms with E-state index in [-0.39, 0.29) is 18.0 Å². The molecule has 1 N–H and O–H groups in total. The van der Waals surface area contributed by atoms with Crippen molar-refractivity contribution in [2.45, 2.75) is 6.61 Å². The van der Waals surface area contributed by atoms with E-state index in [0.717, 1.165) is 5.56 Å². The highest BCUT2D eigenvalue weighted by Crippen LogP contribution is 2.30. The van der Waals surface area contributed by atoms with E-state index in [1.165, 1.54) is 11.8 Å². The number of carbonyl (C=O) groups excluding carboxylic acids is 1. The summed E-state index contributed by atoms with van der Waals surface area (Å²) < 4.78 is 5.76. The molecule has 2 aromatic carbocycles. The summed E-state index contributed by atoms with van der Waals surface area (Å²) in [6, 6.07) is 10.4. The van der Waals surface area contributed by atoms with Crippen LogP contribution >= 0.6 is 46.6 Å². The Hall–Kier alpha value is -2.25. The van der Waals surface area contributed by atoms with Crippen LogP contribution < -0.4 is 4.74 Å². The SMILES string of the molecule is N=C1/C(=C\c2ccc(OCc3ccc(Cl)c(Cl)c3)c(Cl)c2)C(=O)N=C2SC=CN12. The van der Waals surface area contributed by atoms with E-state index in [9.17, 15) is 4.79 Å². The van der Waals surface area contributed by atoms with Gasteiger partial charge >= 0.3 is 0 Å². The van der Waals surface area contributed by atoms with Crippen LogP contribution in [-0.2, 0) is 11.4 Å². The molecule has 0 fully saturated rings. The number of aliphatic imine (C=N–C) groups is 1. The van der Waals surface area contributed by atoms with Crippen molar-refractivity contribution in [3.63, 3.8) is 0 Å². The highest BCUT2D eigenvalue weighted by molar-refractivity contribution is 8.16. The molecule has 2 aliphatic rings. The number of nitrogens with one attached hydrogen (secondary N) is 1. The minimum Gasteiger partial charge on any atom is -0.487 e. The van der Waals surface area contributed by atoms with E-state index >= 15 is 0 Å². The van der Waals surface area contributed by atoms with Crippen molar-refractivity contribution in [1.29, 1.82) is 5.41 Å². The molecule has 0 bridgehead atoms. The number of nitrogens with zero attached hydrogens (tertiary/aromatic N) is 2. The van der Waals surface area contributed by atoms with E-state index < -0.39 is 5.91 Å². The second kappa shape index (κ2) is 8.24. The summed E-state index contributed by atoms with van der Waals surface area (Å²) in [4.78, 5) is 17.8. The number of ether oxygens (including phenoxy) is 1. The van der Waals surface area contributed by atoms with E-state index in [2.05, 4.69) is 4.99 Å². The maximum Gasteiger partial charge on any atom is 0.283 e. The van der Waals surface area contributed by atoms with Gasteiger partial charge in [-0.25, -0.2) is 0 Å². The van der Waals surface area contributed by atoms with Crippen molar-refractivity contribution in [3.05, 3.63) is 79.8 Å². The van der Waals surface area contributed by atoms with Gasteiger partial charge in [0.1, 0.15) is 18.2 Å². The number of amidine groups is 2. The summed E-state index contributed by atoms with van der Waals surface area (Å²) in [6.45, 7) is 0.274. The number of halogens is 3. The van der Waals surface area contributed by atoms with Crippen molar-refractivity contribution in [1.82, 2.24) is 4.90 Å². The molecular formula is C20H12Cl3N3O2S. The van der Waals surface area contributed by atoms with Gasteiger partial charge in [0.05, 0.1) is 20.6 Å². The lowest BCUT2D eigenvalue weighted by Gasteiger charge is -2.22. The predicted octanol–water partition coefficient (Wildman–Crippen LogP) is 6.00. The van der Waals surface area contributed by atoms with Crippen LogP contribution in [0.2, 0.25) is 15.1 Å². The largest absolute Gasteiger partial charge is 0.487 e. The minimum atomic E-state index is -0.450. The van der Waals surface area contributed by atoms with Crippen molar-refractivity contribution >= 4 is 69.6 Å².